The van der Waals surface area contributed by atoms with Crippen LogP contribution < -0.4 is 5.32 Å². The summed E-state index contributed by atoms with van der Waals surface area (Å²) in [6.45, 7) is 2.76. The summed E-state index contributed by atoms with van der Waals surface area (Å²) in [5.74, 6) is -0.368. The Morgan fingerprint density at radius 1 is 1.50 bits per heavy atom. The Bertz CT molecular complexity index is 735. The third-order valence-electron chi connectivity index (χ3n) is 2.52. The average Bonchev–Trinajstić information content (AvgIpc) is 3.03. The van der Waals surface area contributed by atoms with Crippen LogP contribution in [0.3, 0.4) is 0 Å². The Hall–Kier alpha value is -2.75. The van der Waals surface area contributed by atoms with Crippen molar-refractivity contribution in [1.82, 2.24) is 4.98 Å². The Balaban J connectivity index is 1.88. The molecular weight excluding hydrogens is 314 g/mol. The van der Waals surface area contributed by atoms with E-state index in [2.05, 4.69) is 10.3 Å². The maximum Gasteiger partial charge on any atom is 0.345 e. The van der Waals surface area contributed by atoms with Crippen molar-refractivity contribution >= 4 is 33.3 Å². The molecule has 9 nitrogen and oxygen atoms in total. The van der Waals surface area contributed by atoms with Gasteiger partial charge in [-0.1, -0.05) is 0 Å². The topological polar surface area (TPSA) is 125 Å². The van der Waals surface area contributed by atoms with Crippen LogP contribution in [0.15, 0.2) is 16.7 Å². The van der Waals surface area contributed by atoms with Gasteiger partial charge in [-0.05, 0) is 31.3 Å². The fourth-order valence-electron chi connectivity index (χ4n) is 1.61. The lowest BCUT2D eigenvalue weighted by molar-refractivity contribution is -0.380. The fourth-order valence-corrected chi connectivity index (χ4v) is 2.25. The second kappa shape index (κ2) is 6.35. The molecule has 2 heterocycles. The fraction of sp³-hybridized carbons (Fsp3) is 0.250. The average molecular weight is 325 g/mol. The van der Waals surface area contributed by atoms with E-state index in [-0.39, 0.29) is 15.7 Å². The maximum atomic E-state index is 11.8. The molecule has 0 aliphatic carbocycles. The minimum absolute atomic E-state index is 0.0584. The van der Waals surface area contributed by atoms with E-state index in [1.807, 2.05) is 0 Å². The molecule has 2 aromatic rings. The highest BCUT2D eigenvalue weighted by Gasteiger charge is 2.18. The predicted molar refractivity (Wildman–Crippen MR) is 75.9 cm³/mol. The van der Waals surface area contributed by atoms with Crippen molar-refractivity contribution in [2.24, 2.45) is 0 Å². The van der Waals surface area contributed by atoms with Crippen molar-refractivity contribution in [1.29, 1.82) is 0 Å². The molecule has 0 bridgehead atoms. The largest absolute Gasteiger partial charge is 0.466 e. The highest BCUT2D eigenvalue weighted by atomic mass is 32.1. The molecule has 0 unspecified atom stereocenters. The van der Waals surface area contributed by atoms with Gasteiger partial charge in [-0.2, -0.15) is 0 Å². The standard InChI is InChI=1S/C12H11N3O6S/c1-6-3-8(7(2)21-6)11(17)20-5-9(16)14-12-13-4-10(22-12)15(18)19/h3-4H,5H2,1-2H3,(H,13,14,16). The number of amides is 1. The highest BCUT2D eigenvalue weighted by Crippen LogP contribution is 2.24. The van der Waals surface area contributed by atoms with E-state index in [1.54, 1.807) is 13.8 Å². The molecule has 0 saturated heterocycles. The number of carbonyl (C=O) groups excluding carboxylic acids is 2. The van der Waals surface area contributed by atoms with E-state index in [4.69, 9.17) is 9.15 Å². The lowest BCUT2D eigenvalue weighted by atomic mass is 10.2. The molecule has 0 aromatic carbocycles. The minimum atomic E-state index is -0.686. The molecule has 22 heavy (non-hydrogen) atoms. The molecule has 1 N–H and O–H groups in total. The normalized spacial score (nSPS) is 10.3. The van der Waals surface area contributed by atoms with Crippen molar-refractivity contribution < 1.29 is 23.7 Å². The zero-order valence-electron chi connectivity index (χ0n) is 11.6. The van der Waals surface area contributed by atoms with Gasteiger partial charge in [0.15, 0.2) is 11.7 Å². The number of nitro groups is 1. The van der Waals surface area contributed by atoms with Gasteiger partial charge in [-0.3, -0.25) is 20.2 Å². The van der Waals surface area contributed by atoms with Crippen molar-refractivity contribution in [2.45, 2.75) is 13.8 Å². The number of thiazole rings is 1. The molecule has 0 atom stereocenters. The summed E-state index contributed by atoms with van der Waals surface area (Å²) in [5, 5.41) is 12.7. The molecule has 2 rings (SSSR count). The summed E-state index contributed by atoms with van der Waals surface area (Å²) in [7, 11) is 0. The van der Waals surface area contributed by atoms with Crippen LogP contribution in [-0.4, -0.2) is 28.4 Å². The zero-order chi connectivity index (χ0) is 16.3. The first-order valence-corrected chi connectivity index (χ1v) is 6.82. The van der Waals surface area contributed by atoms with E-state index >= 15 is 0 Å². The first-order valence-electron chi connectivity index (χ1n) is 6.01. The first-order chi connectivity index (χ1) is 10.4. The van der Waals surface area contributed by atoms with Gasteiger partial charge in [0.05, 0.1) is 4.92 Å². The first kappa shape index (κ1) is 15.6. The number of hydrogen-bond donors (Lipinski definition) is 1. The van der Waals surface area contributed by atoms with Crippen LogP contribution in [0.25, 0.3) is 0 Å². The number of aromatic nitrogens is 1. The second-order valence-corrected chi connectivity index (χ2v) is 5.22. The molecule has 0 fully saturated rings. The molecule has 0 spiro atoms. The van der Waals surface area contributed by atoms with Gasteiger partial charge in [-0.25, -0.2) is 9.78 Å². The minimum Gasteiger partial charge on any atom is -0.466 e. The highest BCUT2D eigenvalue weighted by molar-refractivity contribution is 7.18. The number of hydrogen-bond acceptors (Lipinski definition) is 8. The summed E-state index contributed by atoms with van der Waals surface area (Å²) in [6.07, 6.45) is 1.03. The summed E-state index contributed by atoms with van der Waals surface area (Å²) >= 11 is 0.708. The Morgan fingerprint density at radius 3 is 2.77 bits per heavy atom. The molecule has 0 aliphatic heterocycles. The maximum absolute atomic E-state index is 11.8. The third kappa shape index (κ3) is 3.67. The van der Waals surface area contributed by atoms with Gasteiger partial charge in [0.1, 0.15) is 23.3 Å². The van der Waals surface area contributed by atoms with Crippen molar-refractivity contribution in [3.63, 3.8) is 0 Å². The lowest BCUT2D eigenvalue weighted by Crippen LogP contribution is -2.20. The Labute approximate surface area is 128 Å². The van der Waals surface area contributed by atoms with Crippen molar-refractivity contribution in [2.75, 3.05) is 11.9 Å². The number of anilines is 1. The summed E-state index contributed by atoms with van der Waals surface area (Å²) in [6, 6.07) is 1.51. The smallest absolute Gasteiger partial charge is 0.345 e. The summed E-state index contributed by atoms with van der Waals surface area (Å²) in [4.78, 5) is 36.9. The lowest BCUT2D eigenvalue weighted by Gasteiger charge is -2.03. The van der Waals surface area contributed by atoms with Gasteiger partial charge in [0, 0.05) is 0 Å². The molecule has 116 valence electrons. The Kier molecular flexibility index (Phi) is 4.51. The monoisotopic (exact) mass is 325 g/mol. The third-order valence-corrected chi connectivity index (χ3v) is 3.38. The van der Waals surface area contributed by atoms with Gasteiger partial charge in [0.25, 0.3) is 5.91 Å². The van der Waals surface area contributed by atoms with E-state index in [1.165, 1.54) is 6.07 Å². The Morgan fingerprint density at radius 2 is 2.23 bits per heavy atom. The molecule has 0 radical (unpaired) electrons. The quantitative estimate of drug-likeness (QED) is 0.506. The number of esters is 1. The van der Waals surface area contributed by atoms with Crippen molar-refractivity contribution in [3.05, 3.63) is 39.5 Å². The number of nitrogens with one attached hydrogen (secondary N) is 1. The van der Waals surface area contributed by atoms with E-state index in [9.17, 15) is 19.7 Å². The van der Waals surface area contributed by atoms with E-state index in [0.29, 0.717) is 22.9 Å². The molecule has 1 amide bonds. The second-order valence-electron chi connectivity index (χ2n) is 4.21. The number of nitrogens with zero attached hydrogens (tertiary/aromatic N) is 2. The SMILES string of the molecule is Cc1cc(C(=O)OCC(=O)Nc2ncc([N+](=O)[O-])s2)c(C)o1. The van der Waals surface area contributed by atoms with E-state index in [0.717, 1.165) is 6.20 Å². The molecule has 0 saturated carbocycles. The van der Waals surface area contributed by atoms with Crippen LogP contribution in [-0.2, 0) is 9.53 Å². The zero-order valence-corrected chi connectivity index (χ0v) is 12.4. The number of carbonyl (C=O) groups is 2. The number of rotatable bonds is 5. The van der Waals surface area contributed by atoms with Gasteiger partial charge < -0.3 is 9.15 Å². The van der Waals surface area contributed by atoms with Gasteiger partial charge >= 0.3 is 11.0 Å². The molecule has 0 aliphatic rings. The summed E-state index contributed by atoms with van der Waals surface area (Å²) in [5.41, 5.74) is 0.246. The van der Waals surface area contributed by atoms with Crippen LogP contribution in [0, 0.1) is 24.0 Å². The summed E-state index contributed by atoms with van der Waals surface area (Å²) < 4.78 is 10.0. The van der Waals surface area contributed by atoms with Gasteiger partial charge in [-0.15, -0.1) is 0 Å². The molecule has 10 heteroatoms. The van der Waals surface area contributed by atoms with Gasteiger partial charge in [0.2, 0.25) is 0 Å². The van der Waals surface area contributed by atoms with Crippen LogP contribution in [0.4, 0.5) is 10.1 Å². The number of furan rings is 1. The molecule has 2 aromatic heterocycles. The van der Waals surface area contributed by atoms with Crippen LogP contribution in [0.5, 0.6) is 0 Å². The van der Waals surface area contributed by atoms with Crippen LogP contribution in [0.1, 0.15) is 21.9 Å². The number of ether oxygens (including phenoxy) is 1. The van der Waals surface area contributed by atoms with E-state index < -0.39 is 23.4 Å². The number of aryl methyl sites for hydroxylation is 2. The predicted octanol–water partition coefficient (Wildman–Crippen LogP) is 2.06. The van der Waals surface area contributed by atoms with Crippen molar-refractivity contribution in [3.8, 4) is 0 Å². The molecular formula is C12H11N3O6S. The van der Waals surface area contributed by atoms with Crippen LogP contribution >= 0.6 is 11.3 Å². The van der Waals surface area contributed by atoms with Crippen LogP contribution in [0.2, 0.25) is 0 Å².